The normalized spacial score (nSPS) is 31.5. The van der Waals surface area contributed by atoms with Gasteiger partial charge in [0.15, 0.2) is 15.7 Å². The molecule has 10 heteroatoms. The number of halogens is 3. The summed E-state index contributed by atoms with van der Waals surface area (Å²) < 4.78 is 65.1. The Morgan fingerprint density at radius 2 is 1.77 bits per heavy atom. The molecule has 2 saturated heterocycles. The number of hydrogen-bond donors (Lipinski definition) is 0. The minimum Gasteiger partial charge on any atom is -0.300 e. The first-order valence-corrected chi connectivity index (χ1v) is 14.2. The van der Waals surface area contributed by atoms with Gasteiger partial charge in [-0.3, -0.25) is 4.90 Å². The standard InChI is InChI=1S/C25H31F3N4O2S/c1-23(2,3)32-22(29-21(30-32)15-5-4-6-16(9-15)25(26,27)28)20-18-10-17(11-19(18)20)31-8-7-24(12-31)13-35(33,34)14-24/h4-6,9,17-20H,7-8,10-14H2,1-3H3/t17-,18-,19+,20+. The van der Waals surface area contributed by atoms with Crippen LogP contribution >= 0.6 is 0 Å². The molecule has 0 amide bonds. The van der Waals surface area contributed by atoms with Crippen molar-refractivity contribution in [3.05, 3.63) is 35.7 Å². The summed E-state index contributed by atoms with van der Waals surface area (Å²) in [6, 6.07) is 5.72. The second kappa shape index (κ2) is 7.31. The Balaban J connectivity index is 1.20. The van der Waals surface area contributed by atoms with E-state index in [1.54, 1.807) is 6.07 Å². The van der Waals surface area contributed by atoms with Crippen LogP contribution in [0.3, 0.4) is 0 Å². The van der Waals surface area contributed by atoms with Crippen molar-refractivity contribution < 1.29 is 21.6 Å². The summed E-state index contributed by atoms with van der Waals surface area (Å²) in [6.07, 6.45) is -1.31. The van der Waals surface area contributed by atoms with E-state index in [0.29, 0.717) is 40.8 Å². The number of hydrogen-bond acceptors (Lipinski definition) is 5. The molecule has 4 fully saturated rings. The lowest BCUT2D eigenvalue weighted by molar-refractivity contribution is -0.137. The highest BCUT2D eigenvalue weighted by Crippen LogP contribution is 2.64. The van der Waals surface area contributed by atoms with Gasteiger partial charge < -0.3 is 0 Å². The van der Waals surface area contributed by atoms with E-state index in [1.165, 1.54) is 6.07 Å². The molecule has 2 aliphatic heterocycles. The monoisotopic (exact) mass is 508 g/mol. The average Bonchev–Trinajstić information content (AvgIpc) is 3.18. The van der Waals surface area contributed by atoms with E-state index in [-0.39, 0.29) is 16.9 Å². The molecular weight excluding hydrogens is 477 g/mol. The Hall–Kier alpha value is -1.94. The number of fused-ring (bicyclic) bond motifs is 1. The molecule has 3 heterocycles. The molecule has 2 aromatic rings. The fourth-order valence-electron chi connectivity index (χ4n) is 6.89. The molecule has 35 heavy (non-hydrogen) atoms. The summed E-state index contributed by atoms with van der Waals surface area (Å²) in [5.41, 5.74) is -0.671. The molecule has 6 nitrogen and oxygen atoms in total. The minimum absolute atomic E-state index is 0.0166. The molecule has 0 N–H and O–H groups in total. The van der Waals surface area contributed by atoms with Gasteiger partial charge in [-0.2, -0.15) is 18.3 Å². The van der Waals surface area contributed by atoms with Gasteiger partial charge in [0.2, 0.25) is 0 Å². The molecule has 190 valence electrons. The van der Waals surface area contributed by atoms with Gasteiger partial charge in [0.05, 0.1) is 22.6 Å². The lowest BCUT2D eigenvalue weighted by Crippen LogP contribution is -2.50. The molecular formula is C25H31F3N4O2S. The summed E-state index contributed by atoms with van der Waals surface area (Å²) >= 11 is 0. The van der Waals surface area contributed by atoms with Crippen LogP contribution in [0.2, 0.25) is 0 Å². The molecule has 2 saturated carbocycles. The SMILES string of the molecule is CC(C)(C)n1nc(-c2cccc(C(F)(F)F)c2)nc1[C@H]1[C@@H]2C[C@@H](N3CCC4(C3)CS(=O)(=O)C4)C[C@@H]21. The molecule has 1 aromatic heterocycles. The number of rotatable bonds is 3. The number of alkyl halides is 3. The Morgan fingerprint density at radius 1 is 1.09 bits per heavy atom. The fraction of sp³-hybridized carbons (Fsp3) is 0.680. The van der Waals surface area contributed by atoms with E-state index in [4.69, 9.17) is 4.98 Å². The third-order valence-corrected chi connectivity index (χ3v) is 10.6. The van der Waals surface area contributed by atoms with Crippen molar-refractivity contribution in [3.8, 4) is 11.4 Å². The van der Waals surface area contributed by atoms with E-state index in [9.17, 15) is 21.6 Å². The molecule has 6 rings (SSSR count). The topological polar surface area (TPSA) is 68.1 Å². The number of benzene rings is 1. The molecule has 0 radical (unpaired) electrons. The Labute approximate surface area is 203 Å². The molecule has 4 atom stereocenters. The number of likely N-dealkylation sites (tertiary alicyclic amines) is 1. The van der Waals surface area contributed by atoms with E-state index >= 15 is 0 Å². The zero-order valence-electron chi connectivity index (χ0n) is 20.2. The third-order valence-electron chi connectivity index (χ3n) is 8.47. The second-order valence-corrected chi connectivity index (χ2v) is 14.3. The lowest BCUT2D eigenvalue weighted by Gasteiger charge is -2.38. The van der Waals surface area contributed by atoms with Crippen LogP contribution in [0.15, 0.2) is 24.3 Å². The summed E-state index contributed by atoms with van der Waals surface area (Å²) in [6.45, 7) is 7.98. The molecule has 2 aliphatic carbocycles. The van der Waals surface area contributed by atoms with E-state index in [2.05, 4.69) is 10.00 Å². The molecule has 1 spiro atoms. The van der Waals surface area contributed by atoms with Crippen LogP contribution in [0.1, 0.15) is 57.3 Å². The first-order chi connectivity index (χ1) is 16.2. The molecule has 0 unspecified atom stereocenters. The van der Waals surface area contributed by atoms with Crippen LogP contribution in [-0.2, 0) is 21.6 Å². The number of aromatic nitrogens is 3. The van der Waals surface area contributed by atoms with Gasteiger partial charge in [0, 0.05) is 29.5 Å². The Morgan fingerprint density at radius 3 is 2.37 bits per heavy atom. The fourth-order valence-corrected chi connectivity index (χ4v) is 9.14. The Bertz CT molecular complexity index is 1260. The summed E-state index contributed by atoms with van der Waals surface area (Å²) in [7, 11) is -2.82. The minimum atomic E-state index is -4.41. The highest BCUT2D eigenvalue weighted by atomic mass is 32.2. The summed E-state index contributed by atoms with van der Waals surface area (Å²) in [5, 5.41) is 4.68. The van der Waals surface area contributed by atoms with Crippen molar-refractivity contribution in [2.75, 3.05) is 24.6 Å². The maximum atomic E-state index is 13.2. The second-order valence-electron chi connectivity index (χ2n) is 12.2. The largest absolute Gasteiger partial charge is 0.416 e. The lowest BCUT2D eigenvalue weighted by atomic mass is 9.91. The maximum absolute atomic E-state index is 13.2. The van der Waals surface area contributed by atoms with Gasteiger partial charge in [-0.15, -0.1) is 0 Å². The number of sulfone groups is 1. The first kappa shape index (κ1) is 23.5. The van der Waals surface area contributed by atoms with Gasteiger partial charge in [0.1, 0.15) is 5.82 Å². The first-order valence-electron chi connectivity index (χ1n) is 12.3. The van der Waals surface area contributed by atoms with Crippen molar-refractivity contribution in [2.45, 2.75) is 63.7 Å². The predicted octanol–water partition coefficient (Wildman–Crippen LogP) is 4.33. The summed E-state index contributed by atoms with van der Waals surface area (Å²) in [5.74, 6) is 3.18. The smallest absolute Gasteiger partial charge is 0.300 e. The van der Waals surface area contributed by atoms with Gasteiger partial charge >= 0.3 is 6.18 Å². The summed E-state index contributed by atoms with van der Waals surface area (Å²) in [4.78, 5) is 7.30. The zero-order valence-corrected chi connectivity index (χ0v) is 21.0. The van der Waals surface area contributed by atoms with Gasteiger partial charge in [-0.1, -0.05) is 12.1 Å². The highest BCUT2D eigenvalue weighted by molar-refractivity contribution is 7.92. The predicted molar refractivity (Wildman–Crippen MR) is 125 cm³/mol. The van der Waals surface area contributed by atoms with Crippen LogP contribution < -0.4 is 0 Å². The van der Waals surface area contributed by atoms with Crippen molar-refractivity contribution in [2.24, 2.45) is 17.3 Å². The van der Waals surface area contributed by atoms with Crippen LogP contribution in [0.25, 0.3) is 11.4 Å². The van der Waals surface area contributed by atoms with Crippen LogP contribution in [0.4, 0.5) is 13.2 Å². The van der Waals surface area contributed by atoms with Gasteiger partial charge in [-0.25, -0.2) is 18.1 Å². The van der Waals surface area contributed by atoms with Crippen LogP contribution in [-0.4, -0.2) is 58.7 Å². The highest BCUT2D eigenvalue weighted by Gasteiger charge is 2.61. The van der Waals surface area contributed by atoms with Crippen molar-refractivity contribution in [1.82, 2.24) is 19.7 Å². The maximum Gasteiger partial charge on any atom is 0.416 e. The molecule has 1 aromatic carbocycles. The van der Waals surface area contributed by atoms with E-state index < -0.39 is 21.6 Å². The zero-order chi connectivity index (χ0) is 25.0. The quantitative estimate of drug-likeness (QED) is 0.617. The third kappa shape index (κ3) is 4.00. The van der Waals surface area contributed by atoms with E-state index in [0.717, 1.165) is 50.3 Å². The van der Waals surface area contributed by atoms with Gasteiger partial charge in [0.25, 0.3) is 0 Å². The van der Waals surface area contributed by atoms with Crippen molar-refractivity contribution >= 4 is 9.84 Å². The van der Waals surface area contributed by atoms with Crippen molar-refractivity contribution in [3.63, 3.8) is 0 Å². The van der Waals surface area contributed by atoms with Crippen LogP contribution in [0, 0.1) is 17.3 Å². The molecule has 4 aliphatic rings. The van der Waals surface area contributed by atoms with Gasteiger partial charge in [-0.05, 0) is 70.5 Å². The molecule has 0 bridgehead atoms. The van der Waals surface area contributed by atoms with Crippen LogP contribution in [0.5, 0.6) is 0 Å². The van der Waals surface area contributed by atoms with E-state index in [1.807, 2.05) is 25.5 Å². The Kier molecular flexibility index (Phi) is 4.90. The average molecular weight is 509 g/mol. The van der Waals surface area contributed by atoms with Crippen molar-refractivity contribution in [1.29, 1.82) is 0 Å². The number of nitrogens with zero attached hydrogens (tertiary/aromatic N) is 4.